The van der Waals surface area contributed by atoms with Gasteiger partial charge in [-0.05, 0) is 35.7 Å². The highest BCUT2D eigenvalue weighted by Crippen LogP contribution is 2.36. The van der Waals surface area contributed by atoms with Crippen LogP contribution in [-0.2, 0) is 11.3 Å². The number of hydrogen-bond donors (Lipinski definition) is 1. The van der Waals surface area contributed by atoms with Crippen LogP contribution in [0.2, 0.25) is 0 Å². The van der Waals surface area contributed by atoms with E-state index < -0.39 is 5.92 Å². The molecule has 1 heterocycles. The Balaban J connectivity index is 1.49. The monoisotopic (exact) mass is 323 g/mol. The first kappa shape index (κ1) is 14.8. The molecule has 0 radical (unpaired) electrons. The van der Waals surface area contributed by atoms with Gasteiger partial charge in [-0.1, -0.05) is 24.3 Å². The number of fused-ring (bicyclic) bond motifs is 2. The van der Waals surface area contributed by atoms with Crippen molar-refractivity contribution in [2.24, 2.45) is 0 Å². The molecule has 0 fully saturated rings. The molecular formula is C19H17NO4. The van der Waals surface area contributed by atoms with Crippen molar-refractivity contribution in [1.29, 1.82) is 0 Å². The molecule has 4 rings (SSSR count). The number of hydrogen-bond acceptors (Lipinski definition) is 4. The van der Waals surface area contributed by atoms with E-state index in [4.69, 9.17) is 9.47 Å². The highest BCUT2D eigenvalue weighted by molar-refractivity contribution is 6.07. The minimum absolute atomic E-state index is 0.0388. The summed E-state index contributed by atoms with van der Waals surface area (Å²) in [6, 6.07) is 11.2. The van der Waals surface area contributed by atoms with E-state index in [1.807, 2.05) is 37.3 Å². The summed E-state index contributed by atoms with van der Waals surface area (Å²) in [5.41, 5.74) is 3.47. The predicted octanol–water partition coefficient (Wildman–Crippen LogP) is 2.71. The maximum absolute atomic E-state index is 12.6. The lowest BCUT2D eigenvalue weighted by Crippen LogP contribution is -2.28. The minimum Gasteiger partial charge on any atom is -0.454 e. The van der Waals surface area contributed by atoms with Crippen LogP contribution in [0.15, 0.2) is 36.4 Å². The van der Waals surface area contributed by atoms with E-state index in [1.165, 1.54) is 0 Å². The first-order valence-corrected chi connectivity index (χ1v) is 7.92. The molecule has 122 valence electrons. The van der Waals surface area contributed by atoms with Gasteiger partial charge in [0, 0.05) is 18.5 Å². The Morgan fingerprint density at radius 2 is 2.04 bits per heavy atom. The van der Waals surface area contributed by atoms with Crippen molar-refractivity contribution in [2.75, 3.05) is 6.79 Å². The zero-order valence-corrected chi connectivity index (χ0v) is 13.3. The fraction of sp³-hybridized carbons (Fsp3) is 0.263. The topological polar surface area (TPSA) is 64.6 Å². The summed E-state index contributed by atoms with van der Waals surface area (Å²) in [5, 5.41) is 2.93. The van der Waals surface area contributed by atoms with Gasteiger partial charge in [-0.15, -0.1) is 0 Å². The quantitative estimate of drug-likeness (QED) is 0.943. The Kier molecular flexibility index (Phi) is 3.49. The van der Waals surface area contributed by atoms with Gasteiger partial charge in [0.15, 0.2) is 17.3 Å². The molecule has 0 aromatic heterocycles. The predicted molar refractivity (Wildman–Crippen MR) is 87.3 cm³/mol. The Labute approximate surface area is 139 Å². The number of benzene rings is 2. The fourth-order valence-electron chi connectivity index (χ4n) is 3.37. The summed E-state index contributed by atoms with van der Waals surface area (Å²) in [5.74, 6) is 0.934. The molecule has 1 unspecified atom stereocenters. The third-order valence-corrected chi connectivity index (χ3v) is 4.58. The average Bonchev–Trinajstić information content (AvgIpc) is 3.18. The zero-order valence-electron chi connectivity index (χ0n) is 13.3. The molecule has 1 amide bonds. The minimum atomic E-state index is -0.400. The Bertz CT molecular complexity index is 843. The number of nitrogens with one attached hydrogen (secondary N) is 1. The number of Topliss-reactive ketones (excluding diaryl/α,β-unsaturated/α-hetero) is 1. The standard InChI is InChI=1S/C19H17NO4/c1-11-3-2-4-13-15(21)8-14(18(11)13)19(22)20-9-12-5-6-16-17(7-12)24-10-23-16/h2-7,14H,8-10H2,1H3,(H,20,22). The highest BCUT2D eigenvalue weighted by atomic mass is 16.7. The summed E-state index contributed by atoms with van der Waals surface area (Å²) in [4.78, 5) is 24.7. The van der Waals surface area contributed by atoms with Crippen LogP contribution in [0.25, 0.3) is 0 Å². The number of aryl methyl sites for hydroxylation is 1. The molecule has 1 aliphatic heterocycles. The number of ether oxygens (including phenoxy) is 2. The molecule has 1 aliphatic carbocycles. The molecule has 1 N–H and O–H groups in total. The van der Waals surface area contributed by atoms with Crippen molar-refractivity contribution in [3.8, 4) is 11.5 Å². The van der Waals surface area contributed by atoms with Crippen molar-refractivity contribution in [3.63, 3.8) is 0 Å². The molecular weight excluding hydrogens is 306 g/mol. The molecule has 24 heavy (non-hydrogen) atoms. The number of amides is 1. The molecule has 5 heteroatoms. The van der Waals surface area contributed by atoms with E-state index in [9.17, 15) is 9.59 Å². The first-order valence-electron chi connectivity index (χ1n) is 7.92. The van der Waals surface area contributed by atoms with Gasteiger partial charge in [0.05, 0.1) is 5.92 Å². The molecule has 0 saturated carbocycles. The molecule has 1 atom stereocenters. The number of rotatable bonds is 3. The summed E-state index contributed by atoms with van der Waals surface area (Å²) >= 11 is 0. The molecule has 0 bridgehead atoms. The number of carbonyl (C=O) groups is 2. The smallest absolute Gasteiger partial charge is 0.231 e. The van der Waals surface area contributed by atoms with Crippen LogP contribution in [0, 0.1) is 6.92 Å². The third kappa shape index (κ3) is 2.42. The van der Waals surface area contributed by atoms with E-state index in [0.29, 0.717) is 17.9 Å². The SMILES string of the molecule is Cc1cccc2c1C(C(=O)NCc1ccc3c(c1)OCO3)CC2=O. The Morgan fingerprint density at radius 1 is 1.21 bits per heavy atom. The maximum atomic E-state index is 12.6. The Hall–Kier alpha value is -2.82. The van der Waals surface area contributed by atoms with Gasteiger partial charge in [-0.3, -0.25) is 9.59 Å². The number of ketones is 1. The van der Waals surface area contributed by atoms with Gasteiger partial charge in [0.2, 0.25) is 12.7 Å². The van der Waals surface area contributed by atoms with Crippen molar-refractivity contribution >= 4 is 11.7 Å². The van der Waals surface area contributed by atoms with Gasteiger partial charge in [0.25, 0.3) is 0 Å². The lowest BCUT2D eigenvalue weighted by atomic mass is 9.96. The largest absolute Gasteiger partial charge is 0.454 e. The molecule has 2 aromatic rings. The van der Waals surface area contributed by atoms with E-state index in [0.717, 1.165) is 22.4 Å². The first-order chi connectivity index (χ1) is 11.6. The highest BCUT2D eigenvalue weighted by Gasteiger charge is 2.35. The second kappa shape index (κ2) is 5.67. The van der Waals surface area contributed by atoms with E-state index in [1.54, 1.807) is 6.07 Å². The lowest BCUT2D eigenvalue weighted by Gasteiger charge is -2.14. The van der Waals surface area contributed by atoms with Crippen molar-refractivity contribution < 1.29 is 19.1 Å². The maximum Gasteiger partial charge on any atom is 0.231 e. The molecule has 0 saturated heterocycles. The Morgan fingerprint density at radius 3 is 2.92 bits per heavy atom. The van der Waals surface area contributed by atoms with Crippen LogP contribution >= 0.6 is 0 Å². The van der Waals surface area contributed by atoms with Gasteiger partial charge < -0.3 is 14.8 Å². The van der Waals surface area contributed by atoms with Gasteiger partial charge in [-0.25, -0.2) is 0 Å². The third-order valence-electron chi connectivity index (χ3n) is 4.58. The second-order valence-corrected chi connectivity index (χ2v) is 6.12. The van der Waals surface area contributed by atoms with E-state index in [2.05, 4.69) is 5.32 Å². The van der Waals surface area contributed by atoms with Crippen LogP contribution in [0.1, 0.15) is 39.4 Å². The summed E-state index contributed by atoms with van der Waals surface area (Å²) in [7, 11) is 0. The van der Waals surface area contributed by atoms with Crippen molar-refractivity contribution in [1.82, 2.24) is 5.32 Å². The van der Waals surface area contributed by atoms with E-state index >= 15 is 0 Å². The van der Waals surface area contributed by atoms with Gasteiger partial charge in [-0.2, -0.15) is 0 Å². The second-order valence-electron chi connectivity index (χ2n) is 6.12. The normalized spacial score (nSPS) is 17.7. The van der Waals surface area contributed by atoms with Crippen LogP contribution in [0.3, 0.4) is 0 Å². The zero-order chi connectivity index (χ0) is 16.7. The molecule has 2 aliphatic rings. The molecule has 5 nitrogen and oxygen atoms in total. The summed E-state index contributed by atoms with van der Waals surface area (Å²) in [6.45, 7) is 2.56. The number of carbonyl (C=O) groups excluding carboxylic acids is 2. The average molecular weight is 323 g/mol. The van der Waals surface area contributed by atoms with Gasteiger partial charge in [0.1, 0.15) is 0 Å². The fourth-order valence-corrected chi connectivity index (χ4v) is 3.37. The summed E-state index contributed by atoms with van der Waals surface area (Å²) < 4.78 is 10.6. The lowest BCUT2D eigenvalue weighted by molar-refractivity contribution is -0.122. The summed E-state index contributed by atoms with van der Waals surface area (Å²) in [6.07, 6.45) is 0.243. The van der Waals surface area contributed by atoms with Crippen molar-refractivity contribution in [2.45, 2.75) is 25.8 Å². The van der Waals surface area contributed by atoms with E-state index in [-0.39, 0.29) is 24.9 Å². The van der Waals surface area contributed by atoms with Crippen LogP contribution in [0.4, 0.5) is 0 Å². The van der Waals surface area contributed by atoms with Crippen molar-refractivity contribution in [3.05, 3.63) is 58.7 Å². The van der Waals surface area contributed by atoms with Crippen LogP contribution in [0.5, 0.6) is 11.5 Å². The van der Waals surface area contributed by atoms with Crippen LogP contribution in [-0.4, -0.2) is 18.5 Å². The molecule has 0 spiro atoms. The van der Waals surface area contributed by atoms with Gasteiger partial charge >= 0.3 is 0 Å². The van der Waals surface area contributed by atoms with Crippen LogP contribution < -0.4 is 14.8 Å². The molecule has 2 aromatic carbocycles.